The fraction of sp³-hybridized carbons (Fsp3) is 0.0370. The van der Waals surface area contributed by atoms with Crippen LogP contribution in [0, 0.1) is 5.82 Å². The molecule has 0 aliphatic carbocycles. The van der Waals surface area contributed by atoms with Crippen LogP contribution in [0.5, 0.6) is 5.75 Å². The number of methoxy groups -OCH3 is 1. The third-order valence-electron chi connectivity index (χ3n) is 5.44. The summed E-state index contributed by atoms with van der Waals surface area (Å²) in [5, 5.41) is 4.88. The predicted octanol–water partition coefficient (Wildman–Crippen LogP) is 4.76. The minimum atomic E-state index is -0.810. The Hall–Kier alpha value is -4.70. The molecule has 184 valence electrons. The molecular weight excluding hydrogens is 497 g/mol. The summed E-state index contributed by atoms with van der Waals surface area (Å²) in [6, 6.07) is 20.6. The molecule has 0 unspecified atom stereocenters. The third kappa shape index (κ3) is 5.00. The van der Waals surface area contributed by atoms with Crippen LogP contribution in [0.4, 0.5) is 10.1 Å². The number of hydrogen-bond donors (Lipinski definition) is 1. The molecule has 3 aromatic carbocycles. The quantitative estimate of drug-likeness (QED) is 0.234. The van der Waals surface area contributed by atoms with Crippen LogP contribution in [-0.2, 0) is 4.79 Å². The smallest absolute Gasteiger partial charge is 0.349 e. The van der Waals surface area contributed by atoms with E-state index in [9.17, 15) is 18.8 Å². The molecule has 1 N–H and O–H groups in total. The maximum Gasteiger partial charge on any atom is 0.349 e. The number of amidine groups is 1. The number of amides is 2. The van der Waals surface area contributed by atoms with Crippen molar-refractivity contribution in [1.29, 1.82) is 0 Å². The number of carbonyl (C=O) groups is 2. The van der Waals surface area contributed by atoms with Gasteiger partial charge in [-0.1, -0.05) is 30.3 Å². The van der Waals surface area contributed by atoms with Gasteiger partial charge in [0.1, 0.15) is 22.7 Å². The Morgan fingerprint density at radius 2 is 1.78 bits per heavy atom. The van der Waals surface area contributed by atoms with Gasteiger partial charge in [0.2, 0.25) is 0 Å². The standard InChI is InChI=1S/C27H18FN3O5S/c1-35-20-12-10-19(11-13-20)31-25(33)23(14-16-6-8-18(28)9-7-16)37-27(31)30-29-24(32)21-15-17-4-2-3-5-22(17)36-26(21)34/h2-15H,1H3,(H,29,32)/b23-14-,30-27-. The number of para-hydroxylation sites is 1. The second kappa shape index (κ2) is 10.1. The van der Waals surface area contributed by atoms with Crippen LogP contribution >= 0.6 is 11.8 Å². The number of halogens is 1. The lowest BCUT2D eigenvalue weighted by Crippen LogP contribution is -2.32. The summed E-state index contributed by atoms with van der Waals surface area (Å²) in [6.07, 6.45) is 1.60. The van der Waals surface area contributed by atoms with Crippen LogP contribution < -0.4 is 20.7 Å². The molecule has 1 aromatic heterocycles. The minimum Gasteiger partial charge on any atom is -0.497 e. The summed E-state index contributed by atoms with van der Waals surface area (Å²) in [7, 11) is 1.53. The highest BCUT2D eigenvalue weighted by Crippen LogP contribution is 2.36. The molecular formula is C27H18FN3O5S. The largest absolute Gasteiger partial charge is 0.497 e. The minimum absolute atomic E-state index is 0.155. The first kappa shape index (κ1) is 24.0. The molecule has 10 heteroatoms. The maximum absolute atomic E-state index is 13.3. The lowest BCUT2D eigenvalue weighted by molar-refractivity contribution is -0.113. The molecule has 1 aliphatic rings. The van der Waals surface area contributed by atoms with Gasteiger partial charge in [-0.3, -0.25) is 14.5 Å². The number of nitrogens with zero attached hydrogens (tertiary/aromatic N) is 2. The van der Waals surface area contributed by atoms with Crippen molar-refractivity contribution in [1.82, 2.24) is 5.43 Å². The second-order valence-corrected chi connectivity index (χ2v) is 8.83. The summed E-state index contributed by atoms with van der Waals surface area (Å²) in [5.41, 5.74) is 2.77. The van der Waals surface area contributed by atoms with E-state index in [1.807, 2.05) is 0 Å². The Balaban J connectivity index is 1.48. The Kier molecular flexibility index (Phi) is 6.57. The van der Waals surface area contributed by atoms with Crippen LogP contribution in [0.2, 0.25) is 0 Å². The van der Waals surface area contributed by atoms with Crippen LogP contribution in [0.25, 0.3) is 17.0 Å². The van der Waals surface area contributed by atoms with E-state index in [-0.39, 0.29) is 10.7 Å². The number of thioether (sulfide) groups is 1. The highest BCUT2D eigenvalue weighted by Gasteiger charge is 2.35. The van der Waals surface area contributed by atoms with Crippen molar-refractivity contribution < 1.29 is 23.1 Å². The Morgan fingerprint density at radius 3 is 2.51 bits per heavy atom. The van der Waals surface area contributed by atoms with Crippen molar-refractivity contribution in [3.05, 3.63) is 111 Å². The number of hydrogen-bond acceptors (Lipinski definition) is 7. The molecule has 2 amide bonds. The van der Waals surface area contributed by atoms with E-state index in [4.69, 9.17) is 9.15 Å². The fourth-order valence-electron chi connectivity index (χ4n) is 3.60. The molecule has 2 heterocycles. The van der Waals surface area contributed by atoms with Gasteiger partial charge in [0, 0.05) is 5.39 Å². The van der Waals surface area contributed by atoms with Gasteiger partial charge in [-0.05, 0) is 71.9 Å². The summed E-state index contributed by atoms with van der Waals surface area (Å²) in [5.74, 6) is -0.973. The average molecular weight is 516 g/mol. The zero-order valence-electron chi connectivity index (χ0n) is 19.3. The van der Waals surface area contributed by atoms with Gasteiger partial charge in [-0.25, -0.2) is 14.6 Å². The molecule has 8 nitrogen and oxygen atoms in total. The predicted molar refractivity (Wildman–Crippen MR) is 140 cm³/mol. The van der Waals surface area contributed by atoms with E-state index in [1.165, 1.54) is 30.2 Å². The third-order valence-corrected chi connectivity index (χ3v) is 6.41. The maximum atomic E-state index is 13.3. The van der Waals surface area contributed by atoms with Crippen molar-refractivity contribution in [2.75, 3.05) is 12.0 Å². The zero-order valence-corrected chi connectivity index (χ0v) is 20.1. The first-order valence-electron chi connectivity index (χ1n) is 11.0. The van der Waals surface area contributed by atoms with Crippen molar-refractivity contribution in [2.24, 2.45) is 5.10 Å². The SMILES string of the molecule is COc1ccc(N2C(=O)/C(=C/c3ccc(F)cc3)S/C2=N\NC(=O)c2cc3ccccc3oc2=O)cc1. The summed E-state index contributed by atoms with van der Waals surface area (Å²) < 4.78 is 23.7. The van der Waals surface area contributed by atoms with Crippen LogP contribution in [0.1, 0.15) is 15.9 Å². The lowest BCUT2D eigenvalue weighted by atomic mass is 10.2. The van der Waals surface area contributed by atoms with Crippen LogP contribution in [0.3, 0.4) is 0 Å². The fourth-order valence-corrected chi connectivity index (χ4v) is 4.54. The first-order chi connectivity index (χ1) is 17.9. The Labute approximate surface area is 214 Å². The number of ether oxygens (including phenoxy) is 1. The monoisotopic (exact) mass is 515 g/mol. The number of fused-ring (bicyclic) bond motifs is 1. The summed E-state index contributed by atoms with van der Waals surface area (Å²) in [6.45, 7) is 0. The number of carbonyl (C=O) groups excluding carboxylic acids is 2. The molecule has 5 rings (SSSR count). The molecule has 1 fully saturated rings. The molecule has 0 saturated carbocycles. The van der Waals surface area contributed by atoms with Crippen molar-refractivity contribution in [3.8, 4) is 5.75 Å². The van der Waals surface area contributed by atoms with Gasteiger partial charge < -0.3 is 9.15 Å². The highest BCUT2D eigenvalue weighted by molar-refractivity contribution is 8.19. The van der Waals surface area contributed by atoms with E-state index in [0.717, 1.165) is 11.8 Å². The summed E-state index contributed by atoms with van der Waals surface area (Å²) >= 11 is 1.02. The number of nitrogens with one attached hydrogen (secondary N) is 1. The second-order valence-electron chi connectivity index (χ2n) is 7.82. The molecule has 1 aliphatic heterocycles. The zero-order chi connectivity index (χ0) is 25.9. The molecule has 37 heavy (non-hydrogen) atoms. The molecule has 0 radical (unpaired) electrons. The molecule has 0 spiro atoms. The highest BCUT2D eigenvalue weighted by atomic mass is 32.2. The van der Waals surface area contributed by atoms with Crippen molar-refractivity contribution in [3.63, 3.8) is 0 Å². The first-order valence-corrected chi connectivity index (χ1v) is 11.8. The van der Waals surface area contributed by atoms with Gasteiger partial charge >= 0.3 is 5.63 Å². The van der Waals surface area contributed by atoms with Gasteiger partial charge in [0.15, 0.2) is 5.17 Å². The average Bonchev–Trinajstić information content (AvgIpc) is 3.22. The van der Waals surface area contributed by atoms with Crippen molar-refractivity contribution in [2.45, 2.75) is 0 Å². The number of benzene rings is 3. The normalized spacial score (nSPS) is 15.5. The Morgan fingerprint density at radius 1 is 1.05 bits per heavy atom. The number of hydrazone groups is 1. The van der Waals surface area contributed by atoms with Gasteiger partial charge in [0.05, 0.1) is 17.7 Å². The van der Waals surface area contributed by atoms with Crippen LogP contribution in [0.15, 0.2) is 98.1 Å². The van der Waals surface area contributed by atoms with Gasteiger partial charge in [0.25, 0.3) is 11.8 Å². The van der Waals surface area contributed by atoms with Gasteiger partial charge in [-0.2, -0.15) is 0 Å². The van der Waals surface area contributed by atoms with E-state index in [0.29, 0.717) is 32.9 Å². The number of rotatable bonds is 5. The number of anilines is 1. The van der Waals surface area contributed by atoms with Gasteiger partial charge in [-0.15, -0.1) is 5.10 Å². The molecule has 0 bridgehead atoms. The van der Waals surface area contributed by atoms with Crippen molar-refractivity contribution >= 4 is 51.5 Å². The Bertz CT molecular complexity index is 1630. The summed E-state index contributed by atoms with van der Waals surface area (Å²) in [4.78, 5) is 40.1. The topological polar surface area (TPSA) is 101 Å². The molecule has 1 saturated heterocycles. The molecule has 4 aromatic rings. The van der Waals surface area contributed by atoms with E-state index in [2.05, 4.69) is 10.5 Å². The van der Waals surface area contributed by atoms with Crippen LogP contribution in [-0.4, -0.2) is 24.1 Å². The molecule has 0 atom stereocenters. The van der Waals surface area contributed by atoms with E-state index < -0.39 is 23.3 Å². The van der Waals surface area contributed by atoms with E-state index in [1.54, 1.807) is 66.7 Å². The van der Waals surface area contributed by atoms with E-state index >= 15 is 0 Å². The lowest BCUT2D eigenvalue weighted by Gasteiger charge is -2.16.